The van der Waals surface area contributed by atoms with Crippen LogP contribution in [0.4, 0.5) is 19.1 Å². The predicted molar refractivity (Wildman–Crippen MR) is 86.8 cm³/mol. The Labute approximate surface area is 145 Å². The van der Waals surface area contributed by atoms with Crippen LogP contribution in [0.15, 0.2) is 12.4 Å². The smallest absolute Gasteiger partial charge is 0.362 e. The topological polar surface area (TPSA) is 72.4 Å². The molecule has 0 radical (unpaired) electrons. The molecule has 1 fully saturated rings. The summed E-state index contributed by atoms with van der Waals surface area (Å²) in [5.74, 6) is 0.0732. The molecule has 1 aromatic heterocycles. The first-order valence-corrected chi connectivity index (χ1v) is 10.0. The molecule has 1 aliphatic heterocycles. The zero-order chi connectivity index (χ0) is 18.7. The van der Waals surface area contributed by atoms with Gasteiger partial charge in [0.2, 0.25) is 5.95 Å². The van der Waals surface area contributed by atoms with Crippen molar-refractivity contribution in [1.82, 2.24) is 9.97 Å². The Morgan fingerprint density at radius 1 is 1.28 bits per heavy atom. The first kappa shape index (κ1) is 19.9. The van der Waals surface area contributed by atoms with Crippen LogP contribution in [0.3, 0.4) is 0 Å². The average Bonchev–Trinajstić information content (AvgIpc) is 2.54. The molecule has 0 aromatic carbocycles. The van der Waals surface area contributed by atoms with E-state index in [1.807, 2.05) is 6.92 Å². The molecule has 6 nitrogen and oxygen atoms in total. The summed E-state index contributed by atoms with van der Waals surface area (Å²) in [7, 11) is -3.34. The van der Waals surface area contributed by atoms with Crippen molar-refractivity contribution in [3.63, 3.8) is 0 Å². The minimum absolute atomic E-state index is 0.146. The van der Waals surface area contributed by atoms with E-state index in [0.717, 1.165) is 18.8 Å². The molecular formula is C15H22F3N3O3S. The van der Waals surface area contributed by atoms with Gasteiger partial charge in [-0.25, -0.2) is 18.4 Å². The quantitative estimate of drug-likeness (QED) is 0.754. The molecule has 0 N–H and O–H groups in total. The van der Waals surface area contributed by atoms with Crippen LogP contribution in [0.5, 0.6) is 0 Å². The third-order valence-corrected chi connectivity index (χ3v) is 5.45. The van der Waals surface area contributed by atoms with Crippen molar-refractivity contribution in [2.24, 2.45) is 5.92 Å². The maximum absolute atomic E-state index is 12.6. The zero-order valence-corrected chi connectivity index (χ0v) is 15.0. The van der Waals surface area contributed by atoms with Gasteiger partial charge < -0.3 is 9.64 Å². The van der Waals surface area contributed by atoms with E-state index in [2.05, 4.69) is 9.97 Å². The normalized spacial score (nSPS) is 18.4. The predicted octanol–water partition coefficient (Wildman–Crippen LogP) is 2.51. The second kappa shape index (κ2) is 7.86. The van der Waals surface area contributed by atoms with Crippen LogP contribution >= 0.6 is 0 Å². The monoisotopic (exact) mass is 381 g/mol. The number of ether oxygens (including phenoxy) is 1. The number of nitrogens with zero attached hydrogens (tertiary/aromatic N) is 3. The molecule has 2 heterocycles. The Balaban J connectivity index is 2.00. The zero-order valence-electron chi connectivity index (χ0n) is 14.2. The highest BCUT2D eigenvalue weighted by atomic mass is 32.2. The Kier molecular flexibility index (Phi) is 6.26. The molecule has 1 atom stereocenters. The molecule has 0 spiro atoms. The van der Waals surface area contributed by atoms with Crippen molar-refractivity contribution in [1.29, 1.82) is 0 Å². The number of alkyl halides is 3. The number of sulfone groups is 1. The molecule has 0 bridgehead atoms. The first-order chi connectivity index (χ1) is 11.6. The first-order valence-electron chi connectivity index (χ1n) is 8.07. The Morgan fingerprint density at radius 3 is 2.28 bits per heavy atom. The van der Waals surface area contributed by atoms with Crippen LogP contribution in [0.1, 0.15) is 31.7 Å². The van der Waals surface area contributed by atoms with Crippen LogP contribution in [0.2, 0.25) is 0 Å². The second-order valence-electron chi connectivity index (χ2n) is 6.16. The van der Waals surface area contributed by atoms with Gasteiger partial charge in [0, 0.05) is 44.3 Å². The lowest BCUT2D eigenvalue weighted by Crippen LogP contribution is -2.42. The maximum Gasteiger partial charge on any atom is 0.419 e. The summed E-state index contributed by atoms with van der Waals surface area (Å²) < 4.78 is 67.1. The van der Waals surface area contributed by atoms with E-state index < -0.39 is 27.0 Å². The summed E-state index contributed by atoms with van der Waals surface area (Å²) in [6.45, 7) is 3.22. The van der Waals surface area contributed by atoms with E-state index in [1.54, 1.807) is 4.90 Å². The van der Waals surface area contributed by atoms with Crippen molar-refractivity contribution in [2.45, 2.75) is 37.8 Å². The molecule has 0 amide bonds. The number of piperidine rings is 1. The van der Waals surface area contributed by atoms with E-state index in [-0.39, 0.29) is 11.9 Å². The lowest BCUT2D eigenvalue weighted by Gasteiger charge is -2.35. The van der Waals surface area contributed by atoms with Gasteiger partial charge >= 0.3 is 6.18 Å². The number of anilines is 1. The minimum Gasteiger partial charge on any atom is -0.362 e. The molecule has 25 heavy (non-hydrogen) atoms. The maximum atomic E-state index is 12.6. The van der Waals surface area contributed by atoms with E-state index in [4.69, 9.17) is 4.74 Å². The molecular weight excluding hydrogens is 359 g/mol. The highest BCUT2D eigenvalue weighted by molar-refractivity contribution is 7.91. The SMILES string of the molecule is CCCO[C@H](C1CCN(c2ncc(C(F)(F)F)cn2)CC1)S(C)(=O)=O. The Morgan fingerprint density at radius 2 is 1.84 bits per heavy atom. The van der Waals surface area contributed by atoms with Crippen molar-refractivity contribution >= 4 is 15.8 Å². The number of aromatic nitrogens is 2. The average molecular weight is 381 g/mol. The molecule has 142 valence electrons. The molecule has 10 heteroatoms. The van der Waals surface area contributed by atoms with Crippen molar-refractivity contribution in [3.05, 3.63) is 18.0 Å². The minimum atomic E-state index is -4.47. The summed E-state index contributed by atoms with van der Waals surface area (Å²) in [6, 6.07) is 0. The van der Waals surface area contributed by atoms with Gasteiger partial charge in [0.25, 0.3) is 0 Å². The third kappa shape index (κ3) is 5.27. The van der Waals surface area contributed by atoms with Gasteiger partial charge in [-0.1, -0.05) is 6.92 Å². The van der Waals surface area contributed by atoms with Gasteiger partial charge in [0.1, 0.15) is 0 Å². The molecule has 1 aliphatic rings. The fourth-order valence-electron chi connectivity index (χ4n) is 2.85. The summed E-state index contributed by atoms with van der Waals surface area (Å²) in [5, 5.41) is 0. The molecule has 1 aromatic rings. The largest absolute Gasteiger partial charge is 0.419 e. The number of halogens is 3. The van der Waals surface area contributed by atoms with E-state index in [0.29, 0.717) is 32.5 Å². The molecule has 1 saturated heterocycles. The van der Waals surface area contributed by atoms with E-state index >= 15 is 0 Å². The van der Waals surface area contributed by atoms with Crippen LogP contribution in [-0.2, 0) is 20.8 Å². The van der Waals surface area contributed by atoms with Crippen molar-refractivity contribution < 1.29 is 26.3 Å². The van der Waals surface area contributed by atoms with Crippen LogP contribution in [0, 0.1) is 5.92 Å². The van der Waals surface area contributed by atoms with Gasteiger partial charge in [0.15, 0.2) is 15.3 Å². The van der Waals surface area contributed by atoms with Crippen molar-refractivity contribution in [3.8, 4) is 0 Å². The molecule has 0 unspecified atom stereocenters. The fraction of sp³-hybridized carbons (Fsp3) is 0.733. The van der Waals surface area contributed by atoms with Gasteiger partial charge in [-0.3, -0.25) is 0 Å². The van der Waals surface area contributed by atoms with Gasteiger partial charge in [-0.2, -0.15) is 13.2 Å². The van der Waals surface area contributed by atoms with Crippen LogP contribution in [-0.4, -0.2) is 49.8 Å². The lowest BCUT2D eigenvalue weighted by atomic mass is 9.97. The number of rotatable bonds is 6. The fourth-order valence-corrected chi connectivity index (χ4v) is 4.16. The standard InChI is InChI=1S/C15H22F3N3O3S/c1-3-8-24-13(25(2,22)23)11-4-6-21(7-5-11)14-19-9-12(10-20-14)15(16,17)18/h9-11,13H,3-8H2,1-2H3/t13-/m0/s1. The Bertz CT molecular complexity index is 657. The summed E-state index contributed by atoms with van der Waals surface area (Å²) in [6.07, 6.45) is 0.0433. The van der Waals surface area contributed by atoms with E-state index in [1.165, 1.54) is 6.26 Å². The highest BCUT2D eigenvalue weighted by Crippen LogP contribution is 2.30. The van der Waals surface area contributed by atoms with Gasteiger partial charge in [0.05, 0.1) is 5.56 Å². The van der Waals surface area contributed by atoms with Crippen molar-refractivity contribution in [2.75, 3.05) is 30.9 Å². The highest BCUT2D eigenvalue weighted by Gasteiger charge is 2.35. The molecule has 0 aliphatic carbocycles. The Hall–Kier alpha value is -1.42. The summed E-state index contributed by atoms with van der Waals surface area (Å²) in [4.78, 5) is 9.32. The number of hydrogen-bond acceptors (Lipinski definition) is 6. The van der Waals surface area contributed by atoms with Gasteiger partial charge in [-0.15, -0.1) is 0 Å². The molecule has 2 rings (SSSR count). The van der Waals surface area contributed by atoms with Crippen LogP contribution in [0.25, 0.3) is 0 Å². The molecule has 0 saturated carbocycles. The van der Waals surface area contributed by atoms with Gasteiger partial charge in [-0.05, 0) is 19.3 Å². The number of hydrogen-bond donors (Lipinski definition) is 0. The third-order valence-electron chi connectivity index (χ3n) is 4.08. The lowest BCUT2D eigenvalue weighted by molar-refractivity contribution is -0.138. The van der Waals surface area contributed by atoms with Crippen LogP contribution < -0.4 is 4.90 Å². The second-order valence-corrected chi connectivity index (χ2v) is 8.29. The summed E-state index contributed by atoms with van der Waals surface area (Å²) in [5.41, 5.74) is -1.74. The van der Waals surface area contributed by atoms with E-state index in [9.17, 15) is 21.6 Å². The summed E-state index contributed by atoms with van der Waals surface area (Å²) >= 11 is 0.